The smallest absolute Gasteiger partial charge is 0.176 e. The van der Waals surface area contributed by atoms with Crippen molar-refractivity contribution >= 4 is 17.5 Å². The molecule has 2 N–H and O–H groups in total. The molecule has 0 fully saturated rings. The Morgan fingerprint density at radius 2 is 2.06 bits per heavy atom. The van der Waals surface area contributed by atoms with Crippen LogP contribution in [0, 0.1) is 0 Å². The molecule has 5 heteroatoms. The predicted octanol–water partition coefficient (Wildman–Crippen LogP) is 1.96. The minimum absolute atomic E-state index is 0.0687. The van der Waals surface area contributed by atoms with Crippen molar-refractivity contribution in [3.63, 3.8) is 0 Å². The Kier molecular flexibility index (Phi) is 5.50. The second-order valence-electron chi connectivity index (χ2n) is 4.35. The van der Waals surface area contributed by atoms with Crippen molar-refractivity contribution < 1.29 is 15.0 Å². The Morgan fingerprint density at radius 3 is 2.61 bits per heavy atom. The standard InChI is InChI=1S/C13H19NO3S/c1-9(8-18-3)14(2)7-13(17)10-4-5-11(15)12(16)6-10/h4-6,9,15-16H,7-8H2,1-3H3. The van der Waals surface area contributed by atoms with Gasteiger partial charge in [-0.2, -0.15) is 11.8 Å². The zero-order valence-corrected chi connectivity index (χ0v) is 11.7. The molecule has 0 bridgehead atoms. The number of benzene rings is 1. The molecule has 1 aromatic carbocycles. The first-order valence-corrected chi connectivity index (χ1v) is 7.09. The monoisotopic (exact) mass is 269 g/mol. The lowest BCUT2D eigenvalue weighted by Gasteiger charge is -2.23. The first-order valence-electron chi connectivity index (χ1n) is 5.70. The summed E-state index contributed by atoms with van der Waals surface area (Å²) in [5.74, 6) is 0.419. The number of phenolic OH excluding ortho intramolecular Hbond substituents is 2. The summed E-state index contributed by atoms with van der Waals surface area (Å²) in [4.78, 5) is 14.0. The lowest BCUT2D eigenvalue weighted by molar-refractivity contribution is 0.0930. The van der Waals surface area contributed by atoms with E-state index >= 15 is 0 Å². The summed E-state index contributed by atoms with van der Waals surface area (Å²) in [7, 11) is 1.90. The first-order chi connectivity index (χ1) is 8.45. The quantitative estimate of drug-likeness (QED) is 0.610. The molecule has 0 aliphatic carbocycles. The van der Waals surface area contributed by atoms with Crippen LogP contribution in [0.3, 0.4) is 0 Å². The highest BCUT2D eigenvalue weighted by Gasteiger charge is 2.15. The molecule has 4 nitrogen and oxygen atoms in total. The van der Waals surface area contributed by atoms with Crippen LogP contribution >= 0.6 is 11.8 Å². The van der Waals surface area contributed by atoms with E-state index in [-0.39, 0.29) is 17.3 Å². The highest BCUT2D eigenvalue weighted by atomic mass is 32.2. The third-order valence-electron chi connectivity index (χ3n) is 2.85. The fraction of sp³-hybridized carbons (Fsp3) is 0.462. The summed E-state index contributed by atoms with van der Waals surface area (Å²) in [5.41, 5.74) is 0.411. The van der Waals surface area contributed by atoms with Crippen LogP contribution in [0.15, 0.2) is 18.2 Å². The SMILES string of the molecule is CSCC(C)N(C)CC(=O)c1ccc(O)c(O)c1. The Bertz CT molecular complexity index is 423. The second-order valence-corrected chi connectivity index (χ2v) is 5.26. The van der Waals surface area contributed by atoms with Gasteiger partial charge in [-0.25, -0.2) is 0 Å². The lowest BCUT2D eigenvalue weighted by atomic mass is 10.1. The van der Waals surface area contributed by atoms with E-state index in [2.05, 4.69) is 6.92 Å². The lowest BCUT2D eigenvalue weighted by Crippen LogP contribution is -2.35. The molecule has 0 amide bonds. The van der Waals surface area contributed by atoms with E-state index in [0.29, 0.717) is 18.2 Å². The van der Waals surface area contributed by atoms with E-state index in [9.17, 15) is 15.0 Å². The summed E-state index contributed by atoms with van der Waals surface area (Å²) in [6.07, 6.45) is 2.03. The Balaban J connectivity index is 2.67. The molecular formula is C13H19NO3S. The maximum atomic E-state index is 12.0. The summed E-state index contributed by atoms with van der Waals surface area (Å²) in [6.45, 7) is 2.37. The van der Waals surface area contributed by atoms with Gasteiger partial charge in [0.1, 0.15) is 0 Å². The second kappa shape index (κ2) is 6.66. The number of hydrogen-bond donors (Lipinski definition) is 2. The number of Topliss-reactive ketones (excluding diaryl/α,β-unsaturated/α-hetero) is 1. The summed E-state index contributed by atoms with van der Waals surface area (Å²) < 4.78 is 0. The fourth-order valence-corrected chi connectivity index (χ4v) is 2.28. The number of hydrogen-bond acceptors (Lipinski definition) is 5. The molecule has 1 atom stereocenters. The van der Waals surface area contributed by atoms with Crippen molar-refractivity contribution in [2.75, 3.05) is 25.6 Å². The van der Waals surface area contributed by atoms with E-state index in [0.717, 1.165) is 5.75 Å². The van der Waals surface area contributed by atoms with Gasteiger partial charge in [0.05, 0.1) is 6.54 Å². The van der Waals surface area contributed by atoms with Gasteiger partial charge in [-0.1, -0.05) is 0 Å². The van der Waals surface area contributed by atoms with Crippen LogP contribution in [0.1, 0.15) is 17.3 Å². The van der Waals surface area contributed by atoms with E-state index in [1.807, 2.05) is 18.2 Å². The predicted molar refractivity (Wildman–Crippen MR) is 74.6 cm³/mol. The minimum atomic E-state index is -0.263. The molecule has 0 saturated heterocycles. The summed E-state index contributed by atoms with van der Waals surface area (Å²) in [5, 5.41) is 18.5. The Morgan fingerprint density at radius 1 is 1.39 bits per heavy atom. The van der Waals surface area contributed by atoms with Gasteiger partial charge in [0, 0.05) is 17.4 Å². The topological polar surface area (TPSA) is 60.8 Å². The number of carbonyl (C=O) groups is 1. The van der Waals surface area contributed by atoms with Crippen molar-refractivity contribution in [1.29, 1.82) is 0 Å². The van der Waals surface area contributed by atoms with Crippen molar-refractivity contribution in [1.82, 2.24) is 4.90 Å². The molecule has 0 aliphatic heterocycles. The van der Waals surface area contributed by atoms with Gasteiger partial charge < -0.3 is 10.2 Å². The normalized spacial score (nSPS) is 12.7. The summed E-state index contributed by atoms with van der Waals surface area (Å²) >= 11 is 1.74. The number of nitrogens with zero attached hydrogens (tertiary/aromatic N) is 1. The summed E-state index contributed by atoms with van der Waals surface area (Å²) in [6, 6.07) is 4.46. The van der Waals surface area contributed by atoms with Gasteiger partial charge in [0.2, 0.25) is 0 Å². The van der Waals surface area contributed by atoms with Crippen LogP contribution in [0.2, 0.25) is 0 Å². The number of phenols is 2. The first kappa shape index (κ1) is 14.9. The largest absolute Gasteiger partial charge is 0.504 e. The van der Waals surface area contributed by atoms with Crippen molar-refractivity contribution in [2.45, 2.75) is 13.0 Å². The van der Waals surface area contributed by atoms with Gasteiger partial charge in [0.25, 0.3) is 0 Å². The molecule has 0 aromatic heterocycles. The maximum absolute atomic E-state index is 12.0. The molecule has 0 spiro atoms. The molecule has 0 heterocycles. The van der Waals surface area contributed by atoms with Crippen LogP contribution in [-0.4, -0.2) is 52.5 Å². The molecule has 18 heavy (non-hydrogen) atoms. The zero-order chi connectivity index (χ0) is 13.7. The molecule has 1 aromatic rings. The molecular weight excluding hydrogens is 250 g/mol. The van der Waals surface area contributed by atoms with Gasteiger partial charge >= 0.3 is 0 Å². The third kappa shape index (κ3) is 3.92. The van der Waals surface area contributed by atoms with E-state index < -0.39 is 0 Å². The number of ketones is 1. The third-order valence-corrected chi connectivity index (χ3v) is 3.67. The number of thioether (sulfide) groups is 1. The van der Waals surface area contributed by atoms with Gasteiger partial charge in [-0.05, 0) is 38.4 Å². The molecule has 0 aliphatic rings. The molecule has 0 radical (unpaired) electrons. The molecule has 1 unspecified atom stereocenters. The highest BCUT2D eigenvalue weighted by Crippen LogP contribution is 2.25. The van der Waals surface area contributed by atoms with Gasteiger partial charge in [0.15, 0.2) is 17.3 Å². The molecule has 1 rings (SSSR count). The Hall–Kier alpha value is -1.20. The Labute approximate surface area is 112 Å². The van der Waals surface area contributed by atoms with Crippen molar-refractivity contribution in [3.05, 3.63) is 23.8 Å². The van der Waals surface area contributed by atoms with Crippen LogP contribution in [0.4, 0.5) is 0 Å². The van der Waals surface area contributed by atoms with Crippen molar-refractivity contribution in [3.8, 4) is 11.5 Å². The number of rotatable bonds is 6. The van der Waals surface area contributed by atoms with Crippen molar-refractivity contribution in [2.24, 2.45) is 0 Å². The average Bonchev–Trinajstić information content (AvgIpc) is 2.32. The van der Waals surface area contributed by atoms with Crippen LogP contribution < -0.4 is 0 Å². The van der Waals surface area contributed by atoms with Crippen LogP contribution in [0.5, 0.6) is 11.5 Å². The number of carbonyl (C=O) groups excluding carboxylic acids is 1. The van der Waals surface area contributed by atoms with Crippen LogP contribution in [-0.2, 0) is 0 Å². The molecule has 100 valence electrons. The number of likely N-dealkylation sites (N-methyl/N-ethyl adjacent to an activating group) is 1. The van der Waals surface area contributed by atoms with Gasteiger partial charge in [-0.3, -0.25) is 9.69 Å². The zero-order valence-electron chi connectivity index (χ0n) is 10.9. The minimum Gasteiger partial charge on any atom is -0.504 e. The fourth-order valence-electron chi connectivity index (χ4n) is 1.54. The van der Waals surface area contributed by atoms with E-state index in [4.69, 9.17) is 0 Å². The molecule has 0 saturated carbocycles. The van der Waals surface area contributed by atoms with Gasteiger partial charge in [-0.15, -0.1) is 0 Å². The van der Waals surface area contributed by atoms with E-state index in [1.165, 1.54) is 18.2 Å². The maximum Gasteiger partial charge on any atom is 0.176 e. The van der Waals surface area contributed by atoms with E-state index in [1.54, 1.807) is 11.8 Å². The number of aromatic hydroxyl groups is 2. The highest BCUT2D eigenvalue weighted by molar-refractivity contribution is 7.98. The van der Waals surface area contributed by atoms with Crippen LogP contribution in [0.25, 0.3) is 0 Å². The average molecular weight is 269 g/mol.